The number of carbonyl (C=O) groups excluding carboxylic acids is 1. The van der Waals surface area contributed by atoms with E-state index in [4.69, 9.17) is 21.1 Å². The van der Waals surface area contributed by atoms with E-state index in [2.05, 4.69) is 0 Å². The molecule has 0 aromatic rings. The van der Waals surface area contributed by atoms with Gasteiger partial charge < -0.3 is 14.4 Å². The van der Waals surface area contributed by atoms with E-state index in [9.17, 15) is 4.79 Å². The SMILES string of the molecule is CCN(CC(OC)OC)C(=O)CCl. The van der Waals surface area contributed by atoms with Crippen LogP contribution in [0.5, 0.6) is 0 Å². The van der Waals surface area contributed by atoms with Gasteiger partial charge in [-0.05, 0) is 6.92 Å². The smallest absolute Gasteiger partial charge is 0.237 e. The van der Waals surface area contributed by atoms with Crippen molar-refractivity contribution >= 4 is 17.5 Å². The van der Waals surface area contributed by atoms with Crippen molar-refractivity contribution in [1.29, 1.82) is 0 Å². The standard InChI is InChI=1S/C8H16ClNO3/c1-4-10(7(11)5-9)6-8(12-2)13-3/h8H,4-6H2,1-3H3. The highest BCUT2D eigenvalue weighted by atomic mass is 35.5. The number of alkyl halides is 1. The fourth-order valence-corrected chi connectivity index (χ4v) is 1.09. The van der Waals surface area contributed by atoms with E-state index in [0.29, 0.717) is 13.1 Å². The molecular weight excluding hydrogens is 194 g/mol. The molecule has 0 atom stereocenters. The van der Waals surface area contributed by atoms with Crippen molar-refractivity contribution in [3.63, 3.8) is 0 Å². The number of ether oxygens (including phenoxy) is 2. The highest BCUT2D eigenvalue weighted by Crippen LogP contribution is 1.98. The van der Waals surface area contributed by atoms with E-state index in [0.717, 1.165) is 0 Å². The second-order valence-electron chi connectivity index (χ2n) is 2.47. The Labute approximate surface area is 83.7 Å². The summed E-state index contributed by atoms with van der Waals surface area (Å²) < 4.78 is 9.93. The Morgan fingerprint density at radius 3 is 2.31 bits per heavy atom. The minimum Gasteiger partial charge on any atom is -0.354 e. The van der Waals surface area contributed by atoms with Crippen LogP contribution in [0.15, 0.2) is 0 Å². The topological polar surface area (TPSA) is 38.8 Å². The highest BCUT2D eigenvalue weighted by Gasteiger charge is 2.15. The molecule has 0 unspecified atom stereocenters. The molecule has 78 valence electrons. The van der Waals surface area contributed by atoms with Crippen LogP contribution in [0.3, 0.4) is 0 Å². The van der Waals surface area contributed by atoms with Crippen LogP contribution in [0.25, 0.3) is 0 Å². The first-order valence-electron chi connectivity index (χ1n) is 4.08. The molecule has 5 heteroatoms. The van der Waals surface area contributed by atoms with Gasteiger partial charge in [0.25, 0.3) is 0 Å². The molecule has 0 aliphatic heterocycles. The lowest BCUT2D eigenvalue weighted by atomic mass is 10.4. The van der Waals surface area contributed by atoms with Crippen LogP contribution in [0.4, 0.5) is 0 Å². The van der Waals surface area contributed by atoms with Crippen molar-refractivity contribution in [3.8, 4) is 0 Å². The molecule has 0 N–H and O–H groups in total. The second-order valence-corrected chi connectivity index (χ2v) is 2.73. The predicted molar refractivity (Wildman–Crippen MR) is 50.8 cm³/mol. The number of rotatable bonds is 6. The van der Waals surface area contributed by atoms with Crippen molar-refractivity contribution in [2.24, 2.45) is 0 Å². The molecule has 0 saturated carbocycles. The van der Waals surface area contributed by atoms with Crippen LogP contribution >= 0.6 is 11.6 Å². The Hall–Kier alpha value is -0.320. The number of halogens is 1. The summed E-state index contributed by atoms with van der Waals surface area (Å²) in [5, 5.41) is 0. The largest absolute Gasteiger partial charge is 0.354 e. The number of nitrogens with zero attached hydrogens (tertiary/aromatic N) is 1. The van der Waals surface area contributed by atoms with Gasteiger partial charge in [-0.2, -0.15) is 0 Å². The van der Waals surface area contributed by atoms with Crippen LogP contribution in [0, 0.1) is 0 Å². The monoisotopic (exact) mass is 209 g/mol. The molecule has 0 heterocycles. The maximum absolute atomic E-state index is 11.2. The third-order valence-electron chi connectivity index (χ3n) is 1.74. The van der Waals surface area contributed by atoms with E-state index >= 15 is 0 Å². The number of hydrogen-bond donors (Lipinski definition) is 0. The third-order valence-corrected chi connectivity index (χ3v) is 1.97. The maximum atomic E-state index is 11.2. The lowest BCUT2D eigenvalue weighted by Gasteiger charge is -2.24. The Bertz CT molecular complexity index is 150. The molecule has 0 aliphatic carbocycles. The molecule has 0 rings (SSSR count). The Morgan fingerprint density at radius 1 is 1.46 bits per heavy atom. The van der Waals surface area contributed by atoms with E-state index in [1.165, 1.54) is 14.2 Å². The Balaban J connectivity index is 4.02. The molecule has 4 nitrogen and oxygen atoms in total. The number of amides is 1. The quantitative estimate of drug-likeness (QED) is 0.477. The van der Waals surface area contributed by atoms with Crippen LogP contribution in [0.2, 0.25) is 0 Å². The summed E-state index contributed by atoms with van der Waals surface area (Å²) in [5.74, 6) is -0.114. The van der Waals surface area contributed by atoms with Crippen molar-refractivity contribution in [2.75, 3.05) is 33.2 Å². The highest BCUT2D eigenvalue weighted by molar-refractivity contribution is 6.27. The van der Waals surface area contributed by atoms with E-state index < -0.39 is 0 Å². The summed E-state index contributed by atoms with van der Waals surface area (Å²) in [6.45, 7) is 2.90. The van der Waals surface area contributed by atoms with Gasteiger partial charge in [0.1, 0.15) is 5.88 Å². The van der Waals surface area contributed by atoms with Gasteiger partial charge in [-0.25, -0.2) is 0 Å². The lowest BCUT2D eigenvalue weighted by Crippen LogP contribution is -2.39. The molecule has 0 fully saturated rings. The van der Waals surface area contributed by atoms with Crippen LogP contribution in [-0.4, -0.2) is 50.3 Å². The normalized spacial score (nSPS) is 10.5. The van der Waals surface area contributed by atoms with Gasteiger partial charge in [0.05, 0.1) is 6.54 Å². The summed E-state index contributed by atoms with van der Waals surface area (Å²) in [6.07, 6.45) is -0.382. The fourth-order valence-electron chi connectivity index (χ4n) is 0.917. The minimum atomic E-state index is -0.382. The molecule has 1 amide bonds. The maximum Gasteiger partial charge on any atom is 0.237 e. The number of hydrogen-bond acceptors (Lipinski definition) is 3. The lowest BCUT2D eigenvalue weighted by molar-refractivity contribution is -0.142. The van der Waals surface area contributed by atoms with Crippen molar-refractivity contribution < 1.29 is 14.3 Å². The molecule has 0 saturated heterocycles. The summed E-state index contributed by atoms with van der Waals surface area (Å²) in [4.78, 5) is 12.8. The summed E-state index contributed by atoms with van der Waals surface area (Å²) in [5.41, 5.74) is 0. The fraction of sp³-hybridized carbons (Fsp3) is 0.875. The zero-order valence-corrected chi connectivity index (χ0v) is 9.00. The van der Waals surface area contributed by atoms with E-state index in [-0.39, 0.29) is 18.1 Å². The third kappa shape index (κ3) is 4.45. The number of likely N-dealkylation sites (N-methyl/N-ethyl adjacent to an activating group) is 1. The Kier molecular flexibility index (Phi) is 6.94. The van der Waals surface area contributed by atoms with Crippen LogP contribution in [-0.2, 0) is 14.3 Å². The predicted octanol–water partition coefficient (Wildman–Crippen LogP) is 0.693. The average Bonchev–Trinajstić information content (AvgIpc) is 2.19. The summed E-state index contributed by atoms with van der Waals surface area (Å²) >= 11 is 5.42. The summed E-state index contributed by atoms with van der Waals surface area (Å²) in [7, 11) is 3.07. The van der Waals surface area contributed by atoms with Crippen LogP contribution in [0.1, 0.15) is 6.92 Å². The van der Waals surface area contributed by atoms with Gasteiger partial charge in [0.2, 0.25) is 5.91 Å². The molecule has 0 spiro atoms. The van der Waals surface area contributed by atoms with Crippen LogP contribution < -0.4 is 0 Å². The molecular formula is C8H16ClNO3. The van der Waals surface area contributed by atoms with Gasteiger partial charge >= 0.3 is 0 Å². The van der Waals surface area contributed by atoms with E-state index in [1.54, 1.807) is 4.90 Å². The van der Waals surface area contributed by atoms with Crippen molar-refractivity contribution in [1.82, 2.24) is 4.90 Å². The molecule has 0 aromatic carbocycles. The second kappa shape index (κ2) is 7.12. The average molecular weight is 210 g/mol. The molecule has 0 radical (unpaired) electrons. The van der Waals surface area contributed by atoms with Gasteiger partial charge in [-0.1, -0.05) is 0 Å². The van der Waals surface area contributed by atoms with Gasteiger partial charge in [0.15, 0.2) is 6.29 Å². The van der Waals surface area contributed by atoms with Crippen molar-refractivity contribution in [3.05, 3.63) is 0 Å². The van der Waals surface area contributed by atoms with Gasteiger partial charge in [-0.3, -0.25) is 4.79 Å². The molecule has 0 aliphatic rings. The zero-order chi connectivity index (χ0) is 10.3. The number of carbonyl (C=O) groups is 1. The first-order valence-corrected chi connectivity index (χ1v) is 4.62. The first-order chi connectivity index (χ1) is 6.19. The zero-order valence-electron chi connectivity index (χ0n) is 8.25. The number of methoxy groups -OCH3 is 2. The van der Waals surface area contributed by atoms with Gasteiger partial charge in [0, 0.05) is 20.8 Å². The molecule has 0 aromatic heterocycles. The van der Waals surface area contributed by atoms with Gasteiger partial charge in [-0.15, -0.1) is 11.6 Å². The molecule has 0 bridgehead atoms. The van der Waals surface area contributed by atoms with E-state index in [1.807, 2.05) is 6.92 Å². The molecule has 13 heavy (non-hydrogen) atoms. The van der Waals surface area contributed by atoms with Crippen molar-refractivity contribution in [2.45, 2.75) is 13.2 Å². The first kappa shape index (κ1) is 12.7. The summed E-state index contributed by atoms with van der Waals surface area (Å²) in [6, 6.07) is 0. The Morgan fingerprint density at radius 2 is 2.00 bits per heavy atom. The minimum absolute atomic E-state index is 0.00596.